The van der Waals surface area contributed by atoms with Crippen LogP contribution in [0, 0.1) is 16.0 Å². The molecule has 31 heavy (non-hydrogen) atoms. The van der Waals surface area contributed by atoms with Crippen molar-refractivity contribution in [2.24, 2.45) is 5.92 Å². The van der Waals surface area contributed by atoms with Gasteiger partial charge in [-0.15, -0.1) is 0 Å². The number of non-ortho nitro benzene ring substituents is 1. The first-order chi connectivity index (χ1) is 15.1. The molecule has 1 saturated heterocycles. The number of nitrogens with one attached hydrogen (secondary N) is 2. The van der Waals surface area contributed by atoms with Crippen LogP contribution in [0.15, 0.2) is 54.6 Å². The Morgan fingerprint density at radius 2 is 2.16 bits per heavy atom. The molecule has 2 aromatic rings. The van der Waals surface area contributed by atoms with Gasteiger partial charge in [-0.05, 0) is 54.5 Å². The number of nitro benzene ring substituents is 1. The van der Waals surface area contributed by atoms with E-state index in [0.717, 1.165) is 42.7 Å². The predicted molar refractivity (Wildman–Crippen MR) is 117 cm³/mol. The number of nitrogens with zero attached hydrogens (tertiary/aromatic N) is 1. The molecule has 2 aromatic carbocycles. The summed E-state index contributed by atoms with van der Waals surface area (Å²) < 4.78 is 5.59. The number of hydrogen-bond acceptors (Lipinski definition) is 5. The summed E-state index contributed by atoms with van der Waals surface area (Å²) in [5.41, 5.74) is 3.74. The molecule has 3 aliphatic rings. The SMILES string of the molecule is O=C(NCC1CCCO1)c1ccc2c(c1)C1C=CCC1C(c1cccc([N+](=O)[O-])c1)N2. The molecule has 0 bridgehead atoms. The zero-order valence-electron chi connectivity index (χ0n) is 17.1. The first kappa shape index (κ1) is 19.8. The predicted octanol–water partition coefficient (Wildman–Crippen LogP) is 4.33. The maximum absolute atomic E-state index is 12.7. The monoisotopic (exact) mass is 419 g/mol. The van der Waals surface area contributed by atoms with E-state index in [-0.39, 0.29) is 40.5 Å². The number of benzene rings is 2. The van der Waals surface area contributed by atoms with Crippen LogP contribution >= 0.6 is 0 Å². The third-order valence-electron chi connectivity index (χ3n) is 6.58. The fourth-order valence-electron chi connectivity index (χ4n) is 5.01. The number of nitro groups is 1. The van der Waals surface area contributed by atoms with E-state index in [2.05, 4.69) is 22.8 Å². The minimum absolute atomic E-state index is 0.0217. The highest BCUT2D eigenvalue weighted by atomic mass is 16.6. The quantitative estimate of drug-likeness (QED) is 0.427. The summed E-state index contributed by atoms with van der Waals surface area (Å²) in [6.07, 6.45) is 7.40. The molecule has 160 valence electrons. The van der Waals surface area contributed by atoms with Gasteiger partial charge < -0.3 is 15.4 Å². The van der Waals surface area contributed by atoms with E-state index in [1.54, 1.807) is 12.1 Å². The van der Waals surface area contributed by atoms with Crippen molar-refractivity contribution in [2.45, 2.75) is 37.3 Å². The highest BCUT2D eigenvalue weighted by molar-refractivity contribution is 5.95. The third kappa shape index (κ3) is 3.81. The Balaban J connectivity index is 1.39. The van der Waals surface area contributed by atoms with Crippen LogP contribution in [0.2, 0.25) is 0 Å². The summed E-state index contributed by atoms with van der Waals surface area (Å²) in [6.45, 7) is 1.31. The molecule has 4 atom stereocenters. The molecule has 1 fully saturated rings. The van der Waals surface area contributed by atoms with Crippen molar-refractivity contribution in [1.82, 2.24) is 5.32 Å². The maximum Gasteiger partial charge on any atom is 0.269 e. The van der Waals surface area contributed by atoms with E-state index in [4.69, 9.17) is 4.74 Å². The molecule has 4 unspecified atom stereocenters. The van der Waals surface area contributed by atoms with Gasteiger partial charge in [-0.2, -0.15) is 0 Å². The van der Waals surface area contributed by atoms with Crippen molar-refractivity contribution < 1.29 is 14.5 Å². The van der Waals surface area contributed by atoms with Crippen molar-refractivity contribution in [3.8, 4) is 0 Å². The molecule has 2 heterocycles. The Morgan fingerprint density at radius 3 is 2.97 bits per heavy atom. The molecule has 2 aliphatic heterocycles. The van der Waals surface area contributed by atoms with Crippen molar-refractivity contribution in [1.29, 1.82) is 0 Å². The fourth-order valence-corrected chi connectivity index (χ4v) is 5.01. The van der Waals surface area contributed by atoms with Gasteiger partial charge in [0.15, 0.2) is 0 Å². The van der Waals surface area contributed by atoms with Crippen LogP contribution in [0.5, 0.6) is 0 Å². The van der Waals surface area contributed by atoms with E-state index >= 15 is 0 Å². The minimum Gasteiger partial charge on any atom is -0.378 e. The highest BCUT2D eigenvalue weighted by Crippen LogP contribution is 2.50. The van der Waals surface area contributed by atoms with Crippen molar-refractivity contribution in [3.63, 3.8) is 0 Å². The molecule has 2 N–H and O–H groups in total. The summed E-state index contributed by atoms with van der Waals surface area (Å²) in [5, 5.41) is 17.8. The topological polar surface area (TPSA) is 93.5 Å². The Bertz CT molecular complexity index is 1040. The first-order valence-corrected chi connectivity index (χ1v) is 10.8. The molecule has 0 aromatic heterocycles. The maximum atomic E-state index is 12.7. The average Bonchev–Trinajstić information content (AvgIpc) is 3.49. The smallest absolute Gasteiger partial charge is 0.269 e. The van der Waals surface area contributed by atoms with Crippen LogP contribution in [0.3, 0.4) is 0 Å². The van der Waals surface area contributed by atoms with Gasteiger partial charge in [0.2, 0.25) is 0 Å². The molecule has 0 spiro atoms. The lowest BCUT2D eigenvalue weighted by atomic mass is 9.76. The summed E-state index contributed by atoms with van der Waals surface area (Å²) in [6, 6.07) is 12.6. The van der Waals surface area contributed by atoms with E-state index < -0.39 is 0 Å². The second kappa shape index (κ2) is 8.15. The lowest BCUT2D eigenvalue weighted by Crippen LogP contribution is -2.32. The third-order valence-corrected chi connectivity index (χ3v) is 6.58. The molecular formula is C24H25N3O4. The molecule has 1 amide bonds. The lowest BCUT2D eigenvalue weighted by Gasteiger charge is -2.37. The second-order valence-corrected chi connectivity index (χ2v) is 8.47. The van der Waals surface area contributed by atoms with E-state index in [1.165, 1.54) is 6.07 Å². The Kier molecular flexibility index (Phi) is 5.19. The number of allylic oxidation sites excluding steroid dienone is 2. The molecule has 7 nitrogen and oxygen atoms in total. The first-order valence-electron chi connectivity index (χ1n) is 10.8. The molecule has 0 radical (unpaired) electrons. The summed E-state index contributed by atoms with van der Waals surface area (Å²) in [7, 11) is 0. The largest absolute Gasteiger partial charge is 0.378 e. The van der Waals surface area contributed by atoms with Gasteiger partial charge in [0.1, 0.15) is 0 Å². The van der Waals surface area contributed by atoms with Crippen molar-refractivity contribution >= 4 is 17.3 Å². The molecule has 1 aliphatic carbocycles. The van der Waals surface area contributed by atoms with Crippen LogP contribution in [-0.2, 0) is 4.74 Å². The highest BCUT2D eigenvalue weighted by Gasteiger charge is 2.38. The minimum atomic E-state index is -0.355. The number of fused-ring (bicyclic) bond motifs is 3. The van der Waals surface area contributed by atoms with Gasteiger partial charge in [-0.25, -0.2) is 0 Å². The van der Waals surface area contributed by atoms with E-state index in [9.17, 15) is 14.9 Å². The fraction of sp³-hybridized carbons (Fsp3) is 0.375. The van der Waals surface area contributed by atoms with Gasteiger partial charge >= 0.3 is 0 Å². The lowest BCUT2D eigenvalue weighted by molar-refractivity contribution is -0.384. The number of carbonyl (C=O) groups is 1. The normalized spacial score (nSPS) is 26.1. The van der Waals surface area contributed by atoms with Crippen molar-refractivity contribution in [2.75, 3.05) is 18.5 Å². The molecule has 7 heteroatoms. The van der Waals surface area contributed by atoms with Crippen LogP contribution in [0.4, 0.5) is 11.4 Å². The summed E-state index contributed by atoms with van der Waals surface area (Å²) in [5.74, 6) is 0.337. The van der Waals surface area contributed by atoms with E-state index in [1.807, 2.05) is 24.3 Å². The van der Waals surface area contributed by atoms with Gasteiger partial charge in [0, 0.05) is 42.5 Å². The van der Waals surface area contributed by atoms with Gasteiger partial charge in [-0.3, -0.25) is 14.9 Å². The molecule has 0 saturated carbocycles. The van der Waals surface area contributed by atoms with Crippen LogP contribution in [-0.4, -0.2) is 30.1 Å². The Morgan fingerprint density at radius 1 is 1.26 bits per heavy atom. The van der Waals surface area contributed by atoms with Gasteiger partial charge in [-0.1, -0.05) is 24.3 Å². The second-order valence-electron chi connectivity index (χ2n) is 8.47. The Hall–Kier alpha value is -3.19. The van der Waals surface area contributed by atoms with Crippen LogP contribution in [0.25, 0.3) is 0 Å². The zero-order chi connectivity index (χ0) is 21.4. The number of ether oxygens (including phenoxy) is 1. The number of carbonyl (C=O) groups excluding carboxylic acids is 1. The summed E-state index contributed by atoms with van der Waals surface area (Å²) in [4.78, 5) is 23.6. The van der Waals surface area contributed by atoms with Gasteiger partial charge in [0.05, 0.1) is 17.1 Å². The number of hydrogen-bond donors (Lipinski definition) is 2. The standard InChI is InChI=1S/C24H25N3O4/c28-24(25-14-18-6-3-11-31-18)16-9-10-22-21(13-16)19-7-2-8-20(19)23(26-22)15-4-1-5-17(12-15)27(29)30/h1-2,4-5,7,9-10,12-13,18-20,23,26H,3,6,8,11,14H2,(H,25,28). The van der Waals surface area contributed by atoms with Crippen molar-refractivity contribution in [3.05, 3.63) is 81.4 Å². The molecular weight excluding hydrogens is 394 g/mol. The number of anilines is 1. The summed E-state index contributed by atoms with van der Waals surface area (Å²) >= 11 is 0. The van der Waals surface area contributed by atoms with Gasteiger partial charge in [0.25, 0.3) is 11.6 Å². The van der Waals surface area contributed by atoms with Crippen LogP contribution in [0.1, 0.15) is 52.7 Å². The van der Waals surface area contributed by atoms with E-state index in [0.29, 0.717) is 12.1 Å². The average molecular weight is 419 g/mol. The number of rotatable bonds is 5. The van der Waals surface area contributed by atoms with Crippen LogP contribution < -0.4 is 10.6 Å². The number of amides is 1. The zero-order valence-corrected chi connectivity index (χ0v) is 17.1. The molecule has 5 rings (SSSR count). The Labute approximate surface area is 180 Å².